The van der Waals surface area contributed by atoms with E-state index < -0.39 is 11.2 Å². The lowest BCUT2D eigenvalue weighted by Crippen LogP contribution is -2.38. The second kappa shape index (κ2) is 6.13. The maximum atomic E-state index is 12.5. The highest BCUT2D eigenvalue weighted by atomic mass is 32.1. The van der Waals surface area contributed by atoms with E-state index in [0.29, 0.717) is 6.54 Å². The first kappa shape index (κ1) is 15.7. The van der Waals surface area contributed by atoms with E-state index in [2.05, 4.69) is 4.98 Å². The van der Waals surface area contributed by atoms with Gasteiger partial charge in [-0.2, -0.15) is 11.3 Å². The van der Waals surface area contributed by atoms with E-state index in [1.807, 2.05) is 21.7 Å². The Morgan fingerprint density at radius 3 is 2.83 bits per heavy atom. The van der Waals surface area contributed by atoms with Gasteiger partial charge in [-0.3, -0.25) is 24.0 Å². The van der Waals surface area contributed by atoms with Crippen LogP contribution in [0.25, 0.3) is 0 Å². The van der Waals surface area contributed by atoms with Crippen LogP contribution in [0.1, 0.15) is 34.8 Å². The molecule has 0 spiro atoms. The van der Waals surface area contributed by atoms with Crippen molar-refractivity contribution in [2.45, 2.75) is 25.4 Å². The maximum Gasteiger partial charge on any atom is 0.330 e. The number of rotatable bonds is 6. The zero-order valence-corrected chi connectivity index (χ0v) is 13.6. The van der Waals surface area contributed by atoms with Crippen LogP contribution in [0, 0.1) is 0 Å². The number of hydrogen-bond acceptors (Lipinski definition) is 6. The largest absolute Gasteiger partial charge is 0.384 e. The quantitative estimate of drug-likeness (QED) is 0.762. The van der Waals surface area contributed by atoms with Crippen LogP contribution in [0.5, 0.6) is 0 Å². The summed E-state index contributed by atoms with van der Waals surface area (Å²) in [6.45, 7) is 0.668. The van der Waals surface area contributed by atoms with Gasteiger partial charge in [0.1, 0.15) is 11.4 Å². The van der Waals surface area contributed by atoms with Crippen molar-refractivity contribution in [3.8, 4) is 0 Å². The first-order valence-corrected chi connectivity index (χ1v) is 8.28. The molecular formula is C15H18N4O3S. The average Bonchev–Trinajstić information content (AvgIpc) is 3.14. The molecule has 0 bridgehead atoms. The third-order valence-corrected chi connectivity index (χ3v) is 4.55. The summed E-state index contributed by atoms with van der Waals surface area (Å²) < 4.78 is 1.33. The molecule has 0 atom stereocenters. The third kappa shape index (κ3) is 3.27. The molecule has 0 aliphatic heterocycles. The molecule has 3 rings (SSSR count). The maximum absolute atomic E-state index is 12.5. The number of thiophene rings is 1. The molecule has 2 aromatic rings. The van der Waals surface area contributed by atoms with Crippen molar-refractivity contribution in [3.05, 3.63) is 48.8 Å². The summed E-state index contributed by atoms with van der Waals surface area (Å²) >= 11 is 1.59. The number of nitrogens with one attached hydrogen (secondary N) is 1. The van der Waals surface area contributed by atoms with Gasteiger partial charge in [-0.15, -0.1) is 0 Å². The fourth-order valence-corrected chi connectivity index (χ4v) is 3.26. The Balaban J connectivity index is 1.83. The lowest BCUT2D eigenvalue weighted by atomic mass is 10.1. The SMILES string of the molecule is CN(CC(=O)c1c(N)n(C2CC2)c(=O)[nH]c1=O)Cc1ccsc1. The van der Waals surface area contributed by atoms with Crippen molar-refractivity contribution in [2.75, 3.05) is 19.3 Å². The molecule has 2 heterocycles. The summed E-state index contributed by atoms with van der Waals surface area (Å²) in [4.78, 5) is 40.4. The van der Waals surface area contributed by atoms with E-state index in [9.17, 15) is 14.4 Å². The smallest absolute Gasteiger partial charge is 0.330 e. The molecular weight excluding hydrogens is 316 g/mol. The summed E-state index contributed by atoms with van der Waals surface area (Å²) in [5, 5.41) is 3.98. The summed E-state index contributed by atoms with van der Waals surface area (Å²) in [6.07, 6.45) is 1.67. The van der Waals surface area contributed by atoms with Gasteiger partial charge in [-0.25, -0.2) is 4.79 Å². The van der Waals surface area contributed by atoms with E-state index >= 15 is 0 Å². The van der Waals surface area contributed by atoms with Gasteiger partial charge in [0.25, 0.3) is 5.56 Å². The Kier molecular flexibility index (Phi) is 4.18. The highest BCUT2D eigenvalue weighted by molar-refractivity contribution is 7.07. The van der Waals surface area contributed by atoms with Gasteiger partial charge in [0.2, 0.25) is 0 Å². The molecule has 0 saturated heterocycles. The van der Waals surface area contributed by atoms with E-state index in [-0.39, 0.29) is 29.8 Å². The molecule has 7 nitrogen and oxygen atoms in total. The highest BCUT2D eigenvalue weighted by Gasteiger charge is 2.30. The lowest BCUT2D eigenvalue weighted by Gasteiger charge is -2.16. The van der Waals surface area contributed by atoms with Crippen LogP contribution in [-0.4, -0.2) is 33.8 Å². The molecule has 3 N–H and O–H groups in total. The van der Waals surface area contributed by atoms with Crippen molar-refractivity contribution in [1.82, 2.24) is 14.5 Å². The second-order valence-electron chi connectivity index (χ2n) is 5.85. The molecule has 122 valence electrons. The molecule has 8 heteroatoms. The van der Waals surface area contributed by atoms with Crippen LogP contribution in [0.2, 0.25) is 0 Å². The minimum Gasteiger partial charge on any atom is -0.384 e. The molecule has 1 aliphatic carbocycles. The fraction of sp³-hybridized carbons (Fsp3) is 0.400. The minimum atomic E-state index is -0.710. The van der Waals surface area contributed by atoms with Crippen molar-refractivity contribution in [2.24, 2.45) is 0 Å². The Bertz CT molecular complexity index is 833. The van der Waals surface area contributed by atoms with E-state index in [4.69, 9.17) is 5.73 Å². The number of Topliss-reactive ketones (excluding diaryl/α,β-unsaturated/α-hetero) is 1. The number of H-pyrrole nitrogens is 1. The summed E-state index contributed by atoms with van der Waals surface area (Å²) in [5.41, 5.74) is 5.68. The Morgan fingerprint density at radius 2 is 2.22 bits per heavy atom. The molecule has 0 amide bonds. The summed E-state index contributed by atoms with van der Waals surface area (Å²) in [5.74, 6) is -0.397. The van der Waals surface area contributed by atoms with Crippen LogP contribution in [0.15, 0.2) is 26.4 Å². The molecule has 1 aliphatic rings. The van der Waals surface area contributed by atoms with E-state index in [1.54, 1.807) is 18.4 Å². The Morgan fingerprint density at radius 1 is 1.48 bits per heavy atom. The number of nitrogen functional groups attached to an aromatic ring is 1. The minimum absolute atomic E-state index is 0.00515. The highest BCUT2D eigenvalue weighted by Crippen LogP contribution is 2.35. The number of anilines is 1. The molecule has 2 aromatic heterocycles. The van der Waals surface area contributed by atoms with Gasteiger partial charge < -0.3 is 5.73 Å². The number of ketones is 1. The van der Waals surface area contributed by atoms with Crippen molar-refractivity contribution in [3.63, 3.8) is 0 Å². The number of hydrogen-bond donors (Lipinski definition) is 2. The zero-order chi connectivity index (χ0) is 16.6. The van der Waals surface area contributed by atoms with Crippen LogP contribution in [-0.2, 0) is 6.54 Å². The third-order valence-electron chi connectivity index (χ3n) is 3.82. The fourth-order valence-electron chi connectivity index (χ4n) is 2.61. The lowest BCUT2D eigenvalue weighted by molar-refractivity contribution is 0.0941. The first-order chi connectivity index (χ1) is 11.0. The van der Waals surface area contributed by atoms with Crippen LogP contribution >= 0.6 is 11.3 Å². The number of nitrogens with zero attached hydrogens (tertiary/aromatic N) is 2. The standard InChI is InChI=1S/C15H18N4O3S/c1-18(6-9-4-5-23-8-9)7-11(20)12-13(16)19(10-2-3-10)15(22)17-14(12)21/h4-5,8,10H,2-3,6-7,16H2,1H3,(H,17,21,22). The van der Waals surface area contributed by atoms with Gasteiger partial charge in [-0.1, -0.05) is 0 Å². The molecule has 1 saturated carbocycles. The molecule has 0 radical (unpaired) electrons. The van der Waals surface area contributed by atoms with Gasteiger partial charge in [-0.05, 0) is 42.3 Å². The molecule has 0 unspecified atom stereocenters. The molecule has 0 aromatic carbocycles. The average molecular weight is 334 g/mol. The predicted molar refractivity (Wildman–Crippen MR) is 89.0 cm³/mol. The molecule has 1 fully saturated rings. The van der Waals surface area contributed by atoms with Gasteiger partial charge in [0.05, 0.1) is 6.54 Å². The Labute approximate surface area is 136 Å². The van der Waals surface area contributed by atoms with Crippen LogP contribution < -0.4 is 17.0 Å². The van der Waals surface area contributed by atoms with E-state index in [1.165, 1.54) is 4.57 Å². The number of likely N-dealkylation sites (N-methyl/N-ethyl adjacent to an activating group) is 1. The zero-order valence-electron chi connectivity index (χ0n) is 12.7. The predicted octanol–water partition coefficient (Wildman–Crippen LogP) is 0.830. The van der Waals surface area contributed by atoms with Crippen LogP contribution in [0.4, 0.5) is 5.82 Å². The van der Waals surface area contributed by atoms with Gasteiger partial charge >= 0.3 is 5.69 Å². The monoisotopic (exact) mass is 334 g/mol. The Hall–Kier alpha value is -2.19. The number of aromatic amines is 1. The number of carbonyl (C=O) groups is 1. The second-order valence-corrected chi connectivity index (χ2v) is 6.63. The topological polar surface area (TPSA) is 101 Å². The number of aromatic nitrogens is 2. The van der Waals surface area contributed by atoms with Gasteiger partial charge in [0, 0.05) is 12.6 Å². The van der Waals surface area contributed by atoms with Crippen LogP contribution in [0.3, 0.4) is 0 Å². The number of nitrogens with two attached hydrogens (primary N) is 1. The normalized spacial score (nSPS) is 14.3. The van der Waals surface area contributed by atoms with E-state index in [0.717, 1.165) is 18.4 Å². The van der Waals surface area contributed by atoms with Crippen molar-refractivity contribution < 1.29 is 4.79 Å². The van der Waals surface area contributed by atoms with Crippen molar-refractivity contribution in [1.29, 1.82) is 0 Å². The number of carbonyl (C=O) groups excluding carboxylic acids is 1. The van der Waals surface area contributed by atoms with Gasteiger partial charge in [0.15, 0.2) is 5.78 Å². The molecule has 23 heavy (non-hydrogen) atoms. The first-order valence-electron chi connectivity index (χ1n) is 7.34. The van der Waals surface area contributed by atoms with Crippen molar-refractivity contribution >= 4 is 22.9 Å². The summed E-state index contributed by atoms with van der Waals surface area (Å²) in [7, 11) is 1.80. The summed E-state index contributed by atoms with van der Waals surface area (Å²) in [6, 6.07) is 1.98.